The number of thiazole rings is 1. The number of aromatic nitrogens is 1. The largest absolute Gasteiger partial charge is 0.497 e. The quantitative estimate of drug-likeness (QED) is 0.743. The number of nitrogens with one attached hydrogen (secondary N) is 1. The number of nitrogens with zero attached hydrogens (tertiary/aromatic N) is 1. The smallest absolute Gasteiger partial charge is 0.231 e. The van der Waals surface area contributed by atoms with Crippen molar-refractivity contribution in [2.75, 3.05) is 19.2 Å². The third-order valence-corrected chi connectivity index (χ3v) is 4.68. The molecule has 0 saturated heterocycles. The van der Waals surface area contributed by atoms with E-state index in [2.05, 4.69) is 10.3 Å². The van der Waals surface area contributed by atoms with Crippen LogP contribution in [0.5, 0.6) is 17.2 Å². The van der Waals surface area contributed by atoms with Crippen molar-refractivity contribution < 1.29 is 19.0 Å². The fourth-order valence-corrected chi connectivity index (χ4v) is 3.39. The minimum absolute atomic E-state index is 0.121. The first kappa shape index (κ1) is 16.4. The normalized spacial score (nSPS) is 12.0. The molecular weight excluding hydrogens is 352 g/mol. The number of fused-ring (bicyclic) bond motifs is 1. The molecule has 0 spiro atoms. The number of hydrogen-bond donors (Lipinski definition) is 1. The van der Waals surface area contributed by atoms with Gasteiger partial charge in [-0.25, -0.2) is 4.98 Å². The minimum Gasteiger partial charge on any atom is -0.497 e. The van der Waals surface area contributed by atoms with Crippen molar-refractivity contribution in [3.8, 4) is 28.5 Å². The summed E-state index contributed by atoms with van der Waals surface area (Å²) in [7, 11) is 1.60. The van der Waals surface area contributed by atoms with E-state index in [1.54, 1.807) is 7.11 Å². The van der Waals surface area contributed by atoms with E-state index in [9.17, 15) is 4.79 Å². The Bertz CT molecular complexity index is 954. The van der Waals surface area contributed by atoms with Gasteiger partial charge in [-0.3, -0.25) is 4.79 Å². The molecule has 0 radical (unpaired) electrons. The van der Waals surface area contributed by atoms with Crippen LogP contribution in [0.15, 0.2) is 47.8 Å². The molecule has 1 amide bonds. The zero-order chi connectivity index (χ0) is 17.9. The summed E-state index contributed by atoms with van der Waals surface area (Å²) in [6.07, 6.45) is 0.260. The highest BCUT2D eigenvalue weighted by atomic mass is 32.1. The summed E-state index contributed by atoms with van der Waals surface area (Å²) in [6.45, 7) is 0.238. The molecule has 2 heterocycles. The van der Waals surface area contributed by atoms with E-state index in [0.717, 1.165) is 28.3 Å². The highest BCUT2D eigenvalue weighted by Crippen LogP contribution is 2.36. The number of carbonyl (C=O) groups is 1. The summed E-state index contributed by atoms with van der Waals surface area (Å²) < 4.78 is 15.9. The second-order valence-corrected chi connectivity index (χ2v) is 6.54. The van der Waals surface area contributed by atoms with Crippen LogP contribution in [0.4, 0.5) is 5.13 Å². The van der Waals surface area contributed by atoms with Crippen molar-refractivity contribution in [2.24, 2.45) is 0 Å². The molecule has 0 atom stereocenters. The van der Waals surface area contributed by atoms with Crippen LogP contribution < -0.4 is 19.5 Å². The molecule has 1 aliphatic heterocycles. The highest BCUT2D eigenvalue weighted by molar-refractivity contribution is 7.14. The molecule has 4 rings (SSSR count). The Balaban J connectivity index is 1.44. The van der Waals surface area contributed by atoms with Crippen LogP contribution in [0.1, 0.15) is 5.56 Å². The lowest BCUT2D eigenvalue weighted by molar-refractivity contribution is -0.115. The van der Waals surface area contributed by atoms with Crippen molar-refractivity contribution in [1.82, 2.24) is 4.98 Å². The molecule has 1 N–H and O–H groups in total. The highest BCUT2D eigenvalue weighted by Gasteiger charge is 2.15. The van der Waals surface area contributed by atoms with Crippen LogP contribution in [0.2, 0.25) is 0 Å². The Labute approximate surface area is 154 Å². The summed E-state index contributed by atoms with van der Waals surface area (Å²) in [5, 5.41) is 5.30. The van der Waals surface area contributed by atoms with Gasteiger partial charge in [0.2, 0.25) is 12.7 Å². The van der Waals surface area contributed by atoms with Crippen LogP contribution in [0.25, 0.3) is 11.3 Å². The summed E-state index contributed by atoms with van der Waals surface area (Å²) in [5.74, 6) is 2.05. The summed E-state index contributed by atoms with van der Waals surface area (Å²) in [6, 6.07) is 13.1. The molecule has 1 aliphatic rings. The van der Waals surface area contributed by atoms with E-state index in [1.165, 1.54) is 11.3 Å². The molecule has 0 bridgehead atoms. The summed E-state index contributed by atoms with van der Waals surface area (Å²) in [5.41, 5.74) is 2.58. The van der Waals surface area contributed by atoms with Gasteiger partial charge in [-0.2, -0.15) is 0 Å². The van der Waals surface area contributed by atoms with Crippen molar-refractivity contribution >= 4 is 22.4 Å². The molecule has 7 heteroatoms. The monoisotopic (exact) mass is 368 g/mol. The number of rotatable bonds is 5. The van der Waals surface area contributed by atoms with Gasteiger partial charge in [0.1, 0.15) is 5.75 Å². The van der Waals surface area contributed by atoms with E-state index >= 15 is 0 Å². The minimum atomic E-state index is -0.121. The Hall–Kier alpha value is -3.06. The number of anilines is 1. The first-order valence-electron chi connectivity index (χ1n) is 7.99. The topological polar surface area (TPSA) is 69.7 Å². The number of methoxy groups -OCH3 is 1. The van der Waals surface area contributed by atoms with Crippen LogP contribution in [-0.4, -0.2) is 24.8 Å². The third-order valence-electron chi connectivity index (χ3n) is 3.92. The average molecular weight is 368 g/mol. The van der Waals surface area contributed by atoms with E-state index < -0.39 is 0 Å². The SMILES string of the molecule is COc1cccc(CC(=O)Nc2nc(-c3ccc4c(c3)OCO4)cs2)c1. The number of ether oxygens (including phenoxy) is 3. The van der Waals surface area contributed by atoms with Gasteiger partial charge in [0.25, 0.3) is 0 Å². The predicted molar refractivity (Wildman–Crippen MR) is 99.0 cm³/mol. The molecule has 26 heavy (non-hydrogen) atoms. The fourth-order valence-electron chi connectivity index (χ4n) is 2.65. The molecule has 132 valence electrons. The molecule has 6 nitrogen and oxygen atoms in total. The summed E-state index contributed by atoms with van der Waals surface area (Å²) >= 11 is 1.38. The van der Waals surface area contributed by atoms with Crippen LogP contribution >= 0.6 is 11.3 Å². The van der Waals surface area contributed by atoms with Crippen molar-refractivity contribution in [2.45, 2.75) is 6.42 Å². The second-order valence-electron chi connectivity index (χ2n) is 5.68. The van der Waals surface area contributed by atoms with E-state index in [1.807, 2.05) is 47.8 Å². The van der Waals surface area contributed by atoms with Crippen LogP contribution in [-0.2, 0) is 11.2 Å². The first-order chi connectivity index (χ1) is 12.7. The third kappa shape index (κ3) is 3.48. The molecule has 0 aliphatic carbocycles. The van der Waals surface area contributed by atoms with Crippen molar-refractivity contribution in [3.63, 3.8) is 0 Å². The van der Waals surface area contributed by atoms with Gasteiger partial charge in [0.15, 0.2) is 16.6 Å². The lowest BCUT2D eigenvalue weighted by Gasteiger charge is -2.04. The Kier molecular flexibility index (Phi) is 4.45. The maximum atomic E-state index is 12.3. The van der Waals surface area contributed by atoms with E-state index in [-0.39, 0.29) is 19.1 Å². The van der Waals surface area contributed by atoms with E-state index in [0.29, 0.717) is 10.9 Å². The van der Waals surface area contributed by atoms with Gasteiger partial charge in [0.05, 0.1) is 19.2 Å². The van der Waals surface area contributed by atoms with Gasteiger partial charge in [-0.15, -0.1) is 11.3 Å². The Morgan fingerprint density at radius 3 is 3.00 bits per heavy atom. The standard InChI is InChI=1S/C19H16N2O4S/c1-23-14-4-2-3-12(7-14)8-18(22)21-19-20-15(10-26-19)13-5-6-16-17(9-13)25-11-24-16/h2-7,9-10H,8,11H2,1H3,(H,20,21,22). The molecule has 2 aromatic carbocycles. The molecule has 3 aromatic rings. The zero-order valence-electron chi connectivity index (χ0n) is 14.0. The maximum absolute atomic E-state index is 12.3. The zero-order valence-corrected chi connectivity index (χ0v) is 14.8. The Morgan fingerprint density at radius 1 is 1.23 bits per heavy atom. The average Bonchev–Trinajstić information content (AvgIpc) is 3.30. The maximum Gasteiger partial charge on any atom is 0.231 e. The van der Waals surface area contributed by atoms with Gasteiger partial charge in [-0.05, 0) is 35.9 Å². The number of carbonyl (C=O) groups excluding carboxylic acids is 1. The van der Waals surface area contributed by atoms with Gasteiger partial charge >= 0.3 is 0 Å². The van der Waals surface area contributed by atoms with Gasteiger partial charge in [0, 0.05) is 10.9 Å². The van der Waals surface area contributed by atoms with E-state index in [4.69, 9.17) is 14.2 Å². The molecule has 0 unspecified atom stereocenters. The number of benzene rings is 2. The summed E-state index contributed by atoms with van der Waals surface area (Å²) in [4.78, 5) is 16.7. The van der Waals surface area contributed by atoms with Crippen LogP contribution in [0.3, 0.4) is 0 Å². The van der Waals surface area contributed by atoms with Gasteiger partial charge in [-0.1, -0.05) is 12.1 Å². The number of hydrogen-bond acceptors (Lipinski definition) is 6. The Morgan fingerprint density at radius 2 is 2.12 bits per heavy atom. The fraction of sp³-hybridized carbons (Fsp3) is 0.158. The first-order valence-corrected chi connectivity index (χ1v) is 8.87. The van der Waals surface area contributed by atoms with Crippen LogP contribution in [0, 0.1) is 0 Å². The van der Waals surface area contributed by atoms with Crippen molar-refractivity contribution in [3.05, 3.63) is 53.4 Å². The molecule has 0 fully saturated rings. The second kappa shape index (κ2) is 7.05. The predicted octanol–water partition coefficient (Wildman–Crippen LogP) is 3.73. The molecular formula is C19H16N2O4S. The van der Waals surface area contributed by atoms with Gasteiger partial charge < -0.3 is 19.5 Å². The lowest BCUT2D eigenvalue weighted by atomic mass is 10.1. The lowest BCUT2D eigenvalue weighted by Crippen LogP contribution is -2.14. The molecule has 0 saturated carbocycles. The number of amides is 1. The molecule has 1 aromatic heterocycles. The van der Waals surface area contributed by atoms with Crippen molar-refractivity contribution in [1.29, 1.82) is 0 Å².